The van der Waals surface area contributed by atoms with Crippen LogP contribution in [0.2, 0.25) is 5.02 Å². The zero-order valence-corrected chi connectivity index (χ0v) is 16.7. The highest BCUT2D eigenvalue weighted by Gasteiger charge is 2.35. The Morgan fingerprint density at radius 3 is 2.72 bits per heavy atom. The van der Waals surface area contributed by atoms with Gasteiger partial charge in [0, 0.05) is 35.1 Å². The first kappa shape index (κ1) is 19.3. The Morgan fingerprint density at radius 2 is 2.07 bits per heavy atom. The molecule has 0 bridgehead atoms. The van der Waals surface area contributed by atoms with Gasteiger partial charge >= 0.3 is 0 Å². The molecule has 1 atom stereocenters. The predicted octanol–water partition coefficient (Wildman–Crippen LogP) is 4.88. The van der Waals surface area contributed by atoms with Crippen molar-refractivity contribution in [2.24, 2.45) is 0 Å². The molecule has 1 amide bonds. The molecule has 7 heteroatoms. The van der Waals surface area contributed by atoms with Gasteiger partial charge in [0.2, 0.25) is 5.91 Å². The van der Waals surface area contributed by atoms with E-state index in [1.165, 1.54) is 12.1 Å². The Balaban J connectivity index is 1.99. The molecule has 0 saturated heterocycles. The molecule has 0 spiro atoms. The van der Waals surface area contributed by atoms with Gasteiger partial charge in [-0.25, -0.2) is 4.39 Å². The van der Waals surface area contributed by atoms with Crippen molar-refractivity contribution >= 4 is 17.5 Å². The average molecular weight is 411 g/mol. The van der Waals surface area contributed by atoms with Gasteiger partial charge in [0.15, 0.2) is 0 Å². The van der Waals surface area contributed by atoms with Crippen LogP contribution >= 0.6 is 11.6 Å². The minimum absolute atomic E-state index is 0.121. The molecular formula is C22H20ClFN4O. The minimum Gasteiger partial charge on any atom is -0.329 e. The minimum atomic E-state index is -0.435. The SMILES string of the molecule is C=CC(=O)N1CCn2nc(-c3ccc(Cl)cc3F)c(-c3ccncc3)c2C1CC. The van der Waals surface area contributed by atoms with Gasteiger partial charge in [0.05, 0.1) is 18.3 Å². The van der Waals surface area contributed by atoms with E-state index in [-0.39, 0.29) is 11.9 Å². The van der Waals surface area contributed by atoms with Crippen LogP contribution in [-0.4, -0.2) is 32.1 Å². The van der Waals surface area contributed by atoms with Gasteiger partial charge in [0.25, 0.3) is 0 Å². The summed E-state index contributed by atoms with van der Waals surface area (Å²) in [7, 11) is 0. The van der Waals surface area contributed by atoms with Crippen LogP contribution in [0.5, 0.6) is 0 Å². The molecule has 148 valence electrons. The molecule has 5 nitrogen and oxygen atoms in total. The van der Waals surface area contributed by atoms with Gasteiger partial charge in [-0.3, -0.25) is 14.5 Å². The number of nitrogens with zero attached hydrogens (tertiary/aromatic N) is 4. The van der Waals surface area contributed by atoms with Crippen molar-refractivity contribution in [3.8, 4) is 22.4 Å². The number of fused-ring (bicyclic) bond motifs is 1. The maximum atomic E-state index is 14.8. The maximum absolute atomic E-state index is 14.8. The number of pyridine rings is 1. The molecule has 2 aromatic heterocycles. The smallest absolute Gasteiger partial charge is 0.246 e. The highest BCUT2D eigenvalue weighted by Crippen LogP contribution is 2.42. The zero-order valence-electron chi connectivity index (χ0n) is 16.0. The molecule has 0 N–H and O–H groups in total. The van der Waals surface area contributed by atoms with Crippen LogP contribution in [0.3, 0.4) is 0 Å². The lowest BCUT2D eigenvalue weighted by Crippen LogP contribution is -2.41. The number of rotatable bonds is 4. The number of hydrogen-bond acceptors (Lipinski definition) is 3. The molecule has 1 aliphatic heterocycles. The monoisotopic (exact) mass is 410 g/mol. The molecule has 1 aromatic carbocycles. The van der Waals surface area contributed by atoms with Crippen LogP contribution in [0.25, 0.3) is 22.4 Å². The number of aromatic nitrogens is 3. The fraction of sp³-hybridized carbons (Fsp3) is 0.227. The summed E-state index contributed by atoms with van der Waals surface area (Å²) in [6.07, 6.45) is 5.42. The summed E-state index contributed by atoms with van der Waals surface area (Å²) < 4.78 is 16.7. The van der Waals surface area contributed by atoms with Crippen LogP contribution < -0.4 is 0 Å². The van der Waals surface area contributed by atoms with E-state index >= 15 is 0 Å². The van der Waals surface area contributed by atoms with Crippen LogP contribution in [0.1, 0.15) is 25.1 Å². The Bertz CT molecular complexity index is 1080. The largest absolute Gasteiger partial charge is 0.329 e. The Kier molecular flexibility index (Phi) is 5.20. The highest BCUT2D eigenvalue weighted by atomic mass is 35.5. The van der Waals surface area contributed by atoms with E-state index in [1.807, 2.05) is 23.7 Å². The van der Waals surface area contributed by atoms with E-state index in [0.29, 0.717) is 35.8 Å². The van der Waals surface area contributed by atoms with Crippen molar-refractivity contribution in [1.82, 2.24) is 19.7 Å². The number of halogens is 2. The van der Waals surface area contributed by atoms with Crippen molar-refractivity contribution in [1.29, 1.82) is 0 Å². The second-order valence-electron chi connectivity index (χ2n) is 6.85. The van der Waals surface area contributed by atoms with E-state index < -0.39 is 5.82 Å². The van der Waals surface area contributed by atoms with Gasteiger partial charge in [-0.05, 0) is 48.4 Å². The van der Waals surface area contributed by atoms with Gasteiger partial charge in [-0.1, -0.05) is 25.1 Å². The first-order chi connectivity index (χ1) is 14.0. The zero-order chi connectivity index (χ0) is 20.5. The first-order valence-corrected chi connectivity index (χ1v) is 9.82. The fourth-order valence-corrected chi connectivity index (χ4v) is 4.12. The summed E-state index contributed by atoms with van der Waals surface area (Å²) in [6.45, 7) is 6.70. The summed E-state index contributed by atoms with van der Waals surface area (Å²) in [6, 6.07) is 8.14. The lowest BCUT2D eigenvalue weighted by molar-refractivity contribution is -0.129. The van der Waals surface area contributed by atoms with Crippen molar-refractivity contribution in [3.63, 3.8) is 0 Å². The van der Waals surface area contributed by atoms with Crippen molar-refractivity contribution < 1.29 is 9.18 Å². The molecule has 1 unspecified atom stereocenters. The van der Waals surface area contributed by atoms with E-state index in [9.17, 15) is 9.18 Å². The second-order valence-corrected chi connectivity index (χ2v) is 7.29. The number of hydrogen-bond donors (Lipinski definition) is 0. The first-order valence-electron chi connectivity index (χ1n) is 9.44. The third-order valence-electron chi connectivity index (χ3n) is 5.24. The number of carbonyl (C=O) groups is 1. The van der Waals surface area contributed by atoms with Crippen LogP contribution in [0, 0.1) is 5.82 Å². The van der Waals surface area contributed by atoms with Gasteiger partial charge in [0.1, 0.15) is 11.5 Å². The van der Waals surface area contributed by atoms with E-state index in [1.54, 1.807) is 29.4 Å². The molecule has 1 aliphatic rings. The summed E-state index contributed by atoms with van der Waals surface area (Å²) in [5.74, 6) is -0.556. The standard InChI is InChI=1S/C22H20ClFN4O/c1-3-18-22-20(14-7-9-25-10-8-14)21(16-6-5-15(23)13-17(16)24)26-28(22)12-11-27(18)19(29)4-2/h4-10,13,18H,2-3,11-12H2,1H3. The average Bonchev–Trinajstić information content (AvgIpc) is 3.12. The number of amides is 1. The molecule has 0 aliphatic carbocycles. The van der Waals surface area contributed by atoms with Crippen LogP contribution in [0.4, 0.5) is 4.39 Å². The van der Waals surface area contributed by atoms with E-state index in [2.05, 4.69) is 11.6 Å². The summed E-state index contributed by atoms with van der Waals surface area (Å²) in [5, 5.41) is 5.08. The lowest BCUT2D eigenvalue weighted by Gasteiger charge is -2.35. The highest BCUT2D eigenvalue weighted by molar-refractivity contribution is 6.30. The summed E-state index contributed by atoms with van der Waals surface area (Å²) in [5.41, 5.74) is 3.48. The van der Waals surface area contributed by atoms with Gasteiger partial charge < -0.3 is 4.90 Å². The molecule has 0 saturated carbocycles. The molecule has 3 aromatic rings. The fourth-order valence-electron chi connectivity index (χ4n) is 3.96. The van der Waals surface area contributed by atoms with Crippen molar-refractivity contribution in [2.75, 3.05) is 6.54 Å². The Labute approximate surface area is 173 Å². The quantitative estimate of drug-likeness (QED) is 0.576. The lowest BCUT2D eigenvalue weighted by atomic mass is 9.94. The maximum Gasteiger partial charge on any atom is 0.246 e. The Morgan fingerprint density at radius 1 is 1.31 bits per heavy atom. The Hall–Kier alpha value is -2.99. The van der Waals surface area contributed by atoms with Crippen molar-refractivity contribution in [2.45, 2.75) is 25.9 Å². The number of carbonyl (C=O) groups excluding carboxylic acids is 1. The molecule has 0 fully saturated rings. The van der Waals surface area contributed by atoms with E-state index in [0.717, 1.165) is 16.8 Å². The molecule has 0 radical (unpaired) electrons. The summed E-state index contributed by atoms with van der Waals surface area (Å²) in [4.78, 5) is 18.4. The van der Waals surface area contributed by atoms with Crippen molar-refractivity contribution in [3.05, 3.63) is 71.9 Å². The topological polar surface area (TPSA) is 51.0 Å². The van der Waals surface area contributed by atoms with Crippen LogP contribution in [-0.2, 0) is 11.3 Å². The van der Waals surface area contributed by atoms with Gasteiger partial charge in [-0.15, -0.1) is 0 Å². The molecule has 4 rings (SSSR count). The van der Waals surface area contributed by atoms with Gasteiger partial charge in [-0.2, -0.15) is 5.10 Å². The molecule has 29 heavy (non-hydrogen) atoms. The van der Waals surface area contributed by atoms with Crippen LogP contribution in [0.15, 0.2) is 55.4 Å². The third kappa shape index (κ3) is 3.34. The summed E-state index contributed by atoms with van der Waals surface area (Å²) >= 11 is 5.95. The normalized spacial score (nSPS) is 15.8. The third-order valence-corrected chi connectivity index (χ3v) is 5.47. The van der Waals surface area contributed by atoms with E-state index in [4.69, 9.17) is 16.7 Å². The number of benzene rings is 1. The molecule has 3 heterocycles. The molecular weight excluding hydrogens is 391 g/mol. The second kappa shape index (κ2) is 7.79. The predicted molar refractivity (Wildman–Crippen MR) is 111 cm³/mol.